The van der Waals surface area contributed by atoms with Crippen LogP contribution in [-0.4, -0.2) is 41.9 Å². The Morgan fingerprint density at radius 2 is 1.81 bits per heavy atom. The van der Waals surface area contributed by atoms with Crippen molar-refractivity contribution < 1.29 is 19.4 Å². The van der Waals surface area contributed by atoms with E-state index in [0.717, 1.165) is 38.5 Å². The molecule has 1 aliphatic heterocycles. The van der Waals surface area contributed by atoms with Gasteiger partial charge in [0.05, 0.1) is 5.92 Å². The first-order valence-electron chi connectivity index (χ1n) is 7.89. The lowest BCUT2D eigenvalue weighted by atomic mass is 9.92. The zero-order valence-electron chi connectivity index (χ0n) is 12.7. The number of hydrogen-bond acceptors (Lipinski definition) is 3. The van der Waals surface area contributed by atoms with E-state index >= 15 is 0 Å². The Hall–Kier alpha value is -1.30. The molecule has 0 radical (unpaired) electrons. The number of nitrogens with one attached hydrogen (secondary N) is 2. The molecule has 2 unspecified atom stereocenters. The van der Waals surface area contributed by atoms with Crippen LogP contribution in [0.4, 0.5) is 4.79 Å². The molecule has 2 fully saturated rings. The van der Waals surface area contributed by atoms with Gasteiger partial charge in [-0.1, -0.05) is 19.3 Å². The number of ether oxygens (including phenoxy) is 1. The molecule has 2 aliphatic rings. The van der Waals surface area contributed by atoms with Crippen molar-refractivity contribution >= 4 is 12.0 Å². The smallest absolute Gasteiger partial charge is 0.315 e. The highest BCUT2D eigenvalue weighted by molar-refractivity contribution is 5.77. The molecule has 1 heterocycles. The van der Waals surface area contributed by atoms with Crippen molar-refractivity contribution in [2.45, 2.75) is 63.5 Å². The zero-order valence-corrected chi connectivity index (χ0v) is 12.7. The van der Waals surface area contributed by atoms with Crippen molar-refractivity contribution in [1.29, 1.82) is 0 Å². The number of carbonyl (C=O) groups excluding carboxylic acids is 1. The normalized spacial score (nSPS) is 29.2. The van der Waals surface area contributed by atoms with Crippen LogP contribution in [0.2, 0.25) is 0 Å². The van der Waals surface area contributed by atoms with Crippen molar-refractivity contribution in [3.8, 4) is 0 Å². The molecule has 0 bridgehead atoms. The van der Waals surface area contributed by atoms with Crippen LogP contribution in [0.15, 0.2) is 0 Å². The molecule has 3 N–H and O–H groups in total. The molecule has 1 saturated carbocycles. The minimum Gasteiger partial charge on any atom is -0.481 e. The predicted octanol–water partition coefficient (Wildman–Crippen LogP) is 1.89. The van der Waals surface area contributed by atoms with Crippen molar-refractivity contribution in [3.05, 3.63) is 0 Å². The molecule has 21 heavy (non-hydrogen) atoms. The van der Waals surface area contributed by atoms with E-state index < -0.39 is 11.9 Å². The zero-order chi connectivity index (χ0) is 15.3. The third kappa shape index (κ3) is 4.59. The molecule has 1 aliphatic carbocycles. The van der Waals surface area contributed by atoms with Gasteiger partial charge in [0.25, 0.3) is 0 Å². The monoisotopic (exact) mass is 298 g/mol. The summed E-state index contributed by atoms with van der Waals surface area (Å²) < 4.78 is 5.31. The Morgan fingerprint density at radius 1 is 1.14 bits per heavy atom. The molecular formula is C15H26N2O4. The van der Waals surface area contributed by atoms with Crippen molar-refractivity contribution in [2.75, 3.05) is 13.2 Å². The molecule has 2 rings (SSSR count). The van der Waals surface area contributed by atoms with Crippen molar-refractivity contribution in [3.63, 3.8) is 0 Å². The highest BCUT2D eigenvalue weighted by Crippen LogP contribution is 2.24. The lowest BCUT2D eigenvalue weighted by Gasteiger charge is -2.35. The first-order valence-corrected chi connectivity index (χ1v) is 7.89. The minimum atomic E-state index is -0.806. The van der Waals surface area contributed by atoms with Crippen LogP contribution in [0, 0.1) is 5.92 Å². The molecule has 1 saturated heterocycles. The van der Waals surface area contributed by atoms with E-state index in [1.807, 2.05) is 6.92 Å². The van der Waals surface area contributed by atoms with Crippen LogP contribution in [0.5, 0.6) is 0 Å². The summed E-state index contributed by atoms with van der Waals surface area (Å²) in [5, 5.41) is 15.2. The second-order valence-corrected chi connectivity index (χ2v) is 6.46. The Kier molecular flexibility index (Phi) is 5.45. The number of carboxylic acids is 1. The van der Waals surface area contributed by atoms with E-state index in [2.05, 4.69) is 10.6 Å². The summed E-state index contributed by atoms with van der Waals surface area (Å²) in [6, 6.07) is -0.522. The first kappa shape index (κ1) is 16.1. The molecule has 2 atom stereocenters. The number of urea groups is 1. The number of aliphatic carboxylic acids is 1. The van der Waals surface area contributed by atoms with Crippen LogP contribution in [0.3, 0.4) is 0 Å². The van der Waals surface area contributed by atoms with Crippen LogP contribution >= 0.6 is 0 Å². The van der Waals surface area contributed by atoms with Gasteiger partial charge in [-0.05, 0) is 32.6 Å². The predicted molar refractivity (Wildman–Crippen MR) is 78.1 cm³/mol. The third-order valence-electron chi connectivity index (χ3n) is 4.66. The number of rotatable bonds is 3. The molecule has 2 amide bonds. The summed E-state index contributed by atoms with van der Waals surface area (Å²) in [4.78, 5) is 23.6. The van der Waals surface area contributed by atoms with E-state index in [1.54, 1.807) is 0 Å². The third-order valence-corrected chi connectivity index (χ3v) is 4.66. The number of carboxylic acid groups (broad SMARTS) is 1. The second kappa shape index (κ2) is 7.11. The summed E-state index contributed by atoms with van der Waals surface area (Å²) in [6.45, 7) is 3.31. The van der Waals surface area contributed by atoms with Gasteiger partial charge in [-0.3, -0.25) is 4.79 Å². The highest BCUT2D eigenvalue weighted by Gasteiger charge is 2.33. The highest BCUT2D eigenvalue weighted by atomic mass is 16.5. The van der Waals surface area contributed by atoms with E-state index in [0.29, 0.717) is 19.6 Å². The molecule has 120 valence electrons. The average molecular weight is 298 g/mol. The second-order valence-electron chi connectivity index (χ2n) is 6.46. The van der Waals surface area contributed by atoms with Crippen LogP contribution in [-0.2, 0) is 9.53 Å². The molecule has 0 aromatic heterocycles. The maximum atomic E-state index is 12.2. The average Bonchev–Trinajstić information content (AvgIpc) is 2.64. The summed E-state index contributed by atoms with van der Waals surface area (Å²) in [5.41, 5.74) is -0.258. The SMILES string of the molecule is CC1(NC(=O)NC2CCCCCC2C(=O)O)CCOCC1. The quantitative estimate of drug-likeness (QED) is 0.694. The van der Waals surface area contributed by atoms with Gasteiger partial charge in [0.15, 0.2) is 0 Å². The Morgan fingerprint density at radius 3 is 2.48 bits per heavy atom. The van der Waals surface area contributed by atoms with Gasteiger partial charge in [0.2, 0.25) is 0 Å². The summed E-state index contributed by atoms with van der Waals surface area (Å²) >= 11 is 0. The van der Waals surface area contributed by atoms with Crippen LogP contribution < -0.4 is 10.6 Å². The maximum Gasteiger partial charge on any atom is 0.315 e. The Balaban J connectivity index is 1.91. The van der Waals surface area contributed by atoms with E-state index in [9.17, 15) is 14.7 Å². The van der Waals surface area contributed by atoms with Gasteiger partial charge < -0.3 is 20.5 Å². The number of amides is 2. The van der Waals surface area contributed by atoms with Gasteiger partial charge in [-0.2, -0.15) is 0 Å². The van der Waals surface area contributed by atoms with E-state index in [-0.39, 0.29) is 17.6 Å². The number of carbonyl (C=O) groups is 2. The molecule has 6 heteroatoms. The van der Waals surface area contributed by atoms with Gasteiger partial charge in [0, 0.05) is 24.8 Å². The van der Waals surface area contributed by atoms with Crippen LogP contribution in [0.1, 0.15) is 51.9 Å². The molecular weight excluding hydrogens is 272 g/mol. The fraction of sp³-hybridized carbons (Fsp3) is 0.867. The summed E-state index contributed by atoms with van der Waals surface area (Å²) in [5.74, 6) is -1.28. The molecule has 0 spiro atoms. The van der Waals surface area contributed by atoms with E-state index in [1.165, 1.54) is 0 Å². The first-order chi connectivity index (χ1) is 10.0. The molecule has 0 aromatic carbocycles. The topological polar surface area (TPSA) is 87.7 Å². The standard InChI is InChI=1S/C15H26N2O4/c1-15(7-9-21-10-8-15)17-14(20)16-12-6-4-2-3-5-11(12)13(18)19/h11-12H,2-10H2,1H3,(H,18,19)(H2,16,17,20). The fourth-order valence-corrected chi connectivity index (χ4v) is 3.20. The largest absolute Gasteiger partial charge is 0.481 e. The maximum absolute atomic E-state index is 12.2. The molecule has 6 nitrogen and oxygen atoms in total. The van der Waals surface area contributed by atoms with Crippen LogP contribution in [0.25, 0.3) is 0 Å². The van der Waals surface area contributed by atoms with E-state index in [4.69, 9.17) is 4.74 Å². The minimum absolute atomic E-state index is 0.252. The van der Waals surface area contributed by atoms with Gasteiger partial charge >= 0.3 is 12.0 Å². The van der Waals surface area contributed by atoms with Gasteiger partial charge in [0.1, 0.15) is 0 Å². The Bertz CT molecular complexity index is 380. The lowest BCUT2D eigenvalue weighted by Crippen LogP contribution is -2.56. The molecule has 0 aromatic rings. The fourth-order valence-electron chi connectivity index (χ4n) is 3.20. The summed E-state index contributed by atoms with van der Waals surface area (Å²) in [7, 11) is 0. The Labute approximate surface area is 125 Å². The summed E-state index contributed by atoms with van der Waals surface area (Å²) in [6.07, 6.45) is 5.89. The van der Waals surface area contributed by atoms with Gasteiger partial charge in [-0.25, -0.2) is 4.79 Å². The van der Waals surface area contributed by atoms with Crippen molar-refractivity contribution in [1.82, 2.24) is 10.6 Å². The number of hydrogen-bond donors (Lipinski definition) is 3. The lowest BCUT2D eigenvalue weighted by molar-refractivity contribution is -0.142. The van der Waals surface area contributed by atoms with Crippen molar-refractivity contribution in [2.24, 2.45) is 5.92 Å². The van der Waals surface area contributed by atoms with Gasteiger partial charge in [-0.15, -0.1) is 0 Å².